The summed E-state index contributed by atoms with van der Waals surface area (Å²) in [6.45, 7) is 0. The molecule has 0 aliphatic carbocycles. The summed E-state index contributed by atoms with van der Waals surface area (Å²) in [7, 11) is 1.52. The third-order valence-corrected chi connectivity index (χ3v) is 4.58. The second kappa shape index (κ2) is 8.53. The summed E-state index contributed by atoms with van der Waals surface area (Å²) in [6.07, 6.45) is 2.97. The smallest absolute Gasteiger partial charge is 0.257 e. The van der Waals surface area contributed by atoms with Gasteiger partial charge in [0.1, 0.15) is 5.82 Å². The minimum Gasteiger partial charge on any atom is -0.481 e. The highest BCUT2D eigenvalue weighted by molar-refractivity contribution is 6.04. The molecule has 0 aliphatic heterocycles. The maximum absolute atomic E-state index is 14.6. The van der Waals surface area contributed by atoms with Gasteiger partial charge in [-0.05, 0) is 29.8 Å². The van der Waals surface area contributed by atoms with Crippen molar-refractivity contribution in [1.82, 2.24) is 9.97 Å². The Kier molecular flexibility index (Phi) is 5.48. The topological polar surface area (TPSA) is 64.1 Å². The van der Waals surface area contributed by atoms with Crippen LogP contribution in [0.1, 0.15) is 10.4 Å². The molecule has 148 valence electrons. The maximum atomic E-state index is 14.6. The monoisotopic (exact) mass is 399 g/mol. The SMILES string of the molecule is COc1ccc(NC(=O)c2ccc(-c3ccc(-c4ccccc4)c(F)c3)nc2)cn1. The highest BCUT2D eigenvalue weighted by Crippen LogP contribution is 2.27. The van der Waals surface area contributed by atoms with Gasteiger partial charge in [0.25, 0.3) is 5.91 Å². The largest absolute Gasteiger partial charge is 0.481 e. The molecule has 4 aromatic rings. The number of halogens is 1. The normalized spacial score (nSPS) is 10.5. The van der Waals surface area contributed by atoms with Crippen LogP contribution in [-0.2, 0) is 0 Å². The molecule has 0 atom stereocenters. The maximum Gasteiger partial charge on any atom is 0.257 e. The van der Waals surface area contributed by atoms with Crippen LogP contribution in [-0.4, -0.2) is 23.0 Å². The van der Waals surface area contributed by atoms with Crippen molar-refractivity contribution < 1.29 is 13.9 Å². The van der Waals surface area contributed by atoms with Crippen LogP contribution in [0.5, 0.6) is 5.88 Å². The Morgan fingerprint density at radius 2 is 1.73 bits per heavy atom. The Balaban J connectivity index is 1.50. The lowest BCUT2D eigenvalue weighted by atomic mass is 10.0. The van der Waals surface area contributed by atoms with E-state index in [2.05, 4.69) is 15.3 Å². The number of carbonyl (C=O) groups excluding carboxylic acids is 1. The van der Waals surface area contributed by atoms with Crippen molar-refractivity contribution in [3.63, 3.8) is 0 Å². The van der Waals surface area contributed by atoms with E-state index in [4.69, 9.17) is 4.74 Å². The Morgan fingerprint density at radius 3 is 2.37 bits per heavy atom. The van der Waals surface area contributed by atoms with Gasteiger partial charge in [0, 0.05) is 23.4 Å². The summed E-state index contributed by atoms with van der Waals surface area (Å²) in [6, 6.07) is 21.1. The number of pyridine rings is 2. The molecule has 0 spiro atoms. The van der Waals surface area contributed by atoms with E-state index in [1.165, 1.54) is 25.6 Å². The molecule has 0 unspecified atom stereocenters. The van der Waals surface area contributed by atoms with Gasteiger partial charge in [-0.1, -0.05) is 42.5 Å². The molecule has 1 amide bonds. The van der Waals surface area contributed by atoms with Crippen LogP contribution < -0.4 is 10.1 Å². The van der Waals surface area contributed by atoms with E-state index in [1.54, 1.807) is 30.3 Å². The molecule has 6 heteroatoms. The Morgan fingerprint density at radius 1 is 0.900 bits per heavy atom. The molecule has 2 heterocycles. The molecular weight excluding hydrogens is 381 g/mol. The zero-order chi connectivity index (χ0) is 20.9. The summed E-state index contributed by atoms with van der Waals surface area (Å²) in [5, 5.41) is 2.75. The van der Waals surface area contributed by atoms with Crippen molar-refractivity contribution in [2.24, 2.45) is 0 Å². The molecule has 0 saturated carbocycles. The predicted octanol–water partition coefficient (Wildman–Crippen LogP) is 5.21. The molecule has 2 aromatic carbocycles. The standard InChI is InChI=1S/C24H18FN3O2/c1-30-23-12-9-19(15-27-23)28-24(29)18-8-11-22(26-14-18)17-7-10-20(21(25)13-17)16-5-3-2-4-6-16/h2-15H,1H3,(H,28,29). The number of methoxy groups -OCH3 is 1. The zero-order valence-electron chi connectivity index (χ0n) is 16.2. The van der Waals surface area contributed by atoms with E-state index in [9.17, 15) is 9.18 Å². The highest BCUT2D eigenvalue weighted by Gasteiger charge is 2.10. The molecule has 2 aromatic heterocycles. The van der Waals surface area contributed by atoms with Crippen LogP contribution in [0.25, 0.3) is 22.4 Å². The number of nitrogens with zero attached hydrogens (tertiary/aromatic N) is 2. The molecule has 30 heavy (non-hydrogen) atoms. The van der Waals surface area contributed by atoms with Crippen LogP contribution in [0.4, 0.5) is 10.1 Å². The van der Waals surface area contributed by atoms with Crippen LogP contribution in [0, 0.1) is 5.82 Å². The number of rotatable bonds is 5. The van der Waals surface area contributed by atoms with Crippen LogP contribution >= 0.6 is 0 Å². The van der Waals surface area contributed by atoms with Crippen molar-refractivity contribution in [2.75, 3.05) is 12.4 Å². The molecule has 0 saturated heterocycles. The van der Waals surface area contributed by atoms with E-state index in [0.29, 0.717) is 34.0 Å². The van der Waals surface area contributed by atoms with Gasteiger partial charge in [-0.15, -0.1) is 0 Å². The summed E-state index contributed by atoms with van der Waals surface area (Å²) >= 11 is 0. The van der Waals surface area contributed by atoms with Gasteiger partial charge in [-0.2, -0.15) is 0 Å². The molecular formula is C24H18FN3O2. The van der Waals surface area contributed by atoms with Crippen molar-refractivity contribution in [3.8, 4) is 28.3 Å². The number of ether oxygens (including phenoxy) is 1. The summed E-state index contributed by atoms with van der Waals surface area (Å²) in [4.78, 5) is 20.8. The second-order valence-corrected chi connectivity index (χ2v) is 6.54. The first-order valence-corrected chi connectivity index (χ1v) is 9.27. The summed E-state index contributed by atoms with van der Waals surface area (Å²) < 4.78 is 19.6. The molecule has 0 aliphatic rings. The zero-order valence-corrected chi connectivity index (χ0v) is 16.2. The molecule has 0 bridgehead atoms. The lowest BCUT2D eigenvalue weighted by molar-refractivity contribution is 0.102. The molecule has 0 fully saturated rings. The molecule has 1 N–H and O–H groups in total. The fourth-order valence-electron chi connectivity index (χ4n) is 3.00. The van der Waals surface area contributed by atoms with Crippen molar-refractivity contribution in [1.29, 1.82) is 0 Å². The number of anilines is 1. The van der Waals surface area contributed by atoms with Gasteiger partial charge in [0.05, 0.1) is 30.3 Å². The van der Waals surface area contributed by atoms with Crippen LogP contribution in [0.2, 0.25) is 0 Å². The Labute approximate surface area is 173 Å². The van der Waals surface area contributed by atoms with E-state index >= 15 is 0 Å². The number of aromatic nitrogens is 2. The highest BCUT2D eigenvalue weighted by atomic mass is 19.1. The first-order chi connectivity index (χ1) is 14.6. The van der Waals surface area contributed by atoms with E-state index in [1.807, 2.05) is 36.4 Å². The van der Waals surface area contributed by atoms with Crippen LogP contribution in [0.15, 0.2) is 85.2 Å². The number of hydrogen-bond acceptors (Lipinski definition) is 4. The number of nitrogens with one attached hydrogen (secondary N) is 1. The third kappa shape index (κ3) is 4.17. The first-order valence-electron chi connectivity index (χ1n) is 9.27. The number of benzene rings is 2. The minimum absolute atomic E-state index is 0.313. The van der Waals surface area contributed by atoms with Gasteiger partial charge >= 0.3 is 0 Å². The fraction of sp³-hybridized carbons (Fsp3) is 0.0417. The Bertz CT molecular complexity index is 1160. The van der Waals surface area contributed by atoms with Gasteiger partial charge < -0.3 is 10.1 Å². The van der Waals surface area contributed by atoms with Crippen LogP contribution in [0.3, 0.4) is 0 Å². The van der Waals surface area contributed by atoms with Crippen molar-refractivity contribution in [2.45, 2.75) is 0 Å². The minimum atomic E-state index is -0.325. The quantitative estimate of drug-likeness (QED) is 0.500. The predicted molar refractivity (Wildman–Crippen MR) is 114 cm³/mol. The lowest BCUT2D eigenvalue weighted by Gasteiger charge is -2.08. The number of carbonyl (C=O) groups is 1. The number of amides is 1. The second-order valence-electron chi connectivity index (χ2n) is 6.54. The van der Waals surface area contributed by atoms with Gasteiger partial charge in [0.2, 0.25) is 5.88 Å². The summed E-state index contributed by atoms with van der Waals surface area (Å²) in [5.74, 6) is -0.175. The molecule has 4 rings (SSSR count). The van der Waals surface area contributed by atoms with E-state index in [-0.39, 0.29) is 11.7 Å². The average molecular weight is 399 g/mol. The lowest BCUT2D eigenvalue weighted by Crippen LogP contribution is -2.12. The van der Waals surface area contributed by atoms with Gasteiger partial charge in [-0.25, -0.2) is 9.37 Å². The van der Waals surface area contributed by atoms with E-state index < -0.39 is 0 Å². The third-order valence-electron chi connectivity index (χ3n) is 4.58. The van der Waals surface area contributed by atoms with Gasteiger partial charge in [0.15, 0.2) is 0 Å². The molecule has 0 radical (unpaired) electrons. The number of hydrogen-bond donors (Lipinski definition) is 1. The first kappa shape index (κ1) is 19.3. The summed E-state index contributed by atoms with van der Waals surface area (Å²) in [5.41, 5.74) is 3.49. The fourth-order valence-corrected chi connectivity index (χ4v) is 3.00. The average Bonchev–Trinajstić information content (AvgIpc) is 2.80. The van der Waals surface area contributed by atoms with Crippen molar-refractivity contribution >= 4 is 11.6 Å². The van der Waals surface area contributed by atoms with Crippen molar-refractivity contribution in [3.05, 3.63) is 96.6 Å². The van der Waals surface area contributed by atoms with Gasteiger partial charge in [-0.3, -0.25) is 9.78 Å². The van der Waals surface area contributed by atoms with E-state index in [0.717, 1.165) is 5.56 Å². The molecule has 5 nitrogen and oxygen atoms in total. The Hall–Kier alpha value is -4.06.